The molecule has 0 aliphatic rings. The number of sulfone groups is 1. The lowest BCUT2D eigenvalue weighted by molar-refractivity contribution is -0.167. The van der Waals surface area contributed by atoms with Crippen molar-refractivity contribution in [2.75, 3.05) is 67.5 Å². The summed E-state index contributed by atoms with van der Waals surface area (Å²) in [4.78, 5) is 24.3. The summed E-state index contributed by atoms with van der Waals surface area (Å²) in [7, 11) is 5.32. The number of ether oxygens (including phenoxy) is 8. The Kier molecular flexibility index (Phi) is 15.8. The average Bonchev–Trinajstić information content (AvgIpc) is 3.25. The van der Waals surface area contributed by atoms with Gasteiger partial charge >= 0.3 is 24.2 Å². The van der Waals surface area contributed by atoms with Crippen molar-refractivity contribution < 1.29 is 82.2 Å². The summed E-state index contributed by atoms with van der Waals surface area (Å²) in [6.45, 7) is 0. The van der Waals surface area contributed by atoms with Crippen LogP contribution in [0.15, 0.2) is 72.8 Å². The lowest BCUT2D eigenvalue weighted by Gasteiger charge is -2.24. The molecule has 0 spiro atoms. The second-order valence-corrected chi connectivity index (χ2v) is 15.1. The maximum Gasteiger partial charge on any atom is 0.471 e. The number of rotatable bonds is 18. The fourth-order valence-electron chi connectivity index (χ4n) is 6.13. The number of carbonyl (C=O) groups is 2. The van der Waals surface area contributed by atoms with Crippen LogP contribution in [0.25, 0.3) is 12.2 Å². The van der Waals surface area contributed by atoms with Crippen LogP contribution in [0.2, 0.25) is 0 Å². The molecule has 2 N–H and O–H groups in total. The molecule has 0 saturated heterocycles. The zero-order valence-electron chi connectivity index (χ0n) is 34.8. The molecule has 4 rings (SSSR count). The lowest BCUT2D eigenvalue weighted by Crippen LogP contribution is -2.30. The standard InChI is InChI=1S/C42H42F6N2O12S/c1-55-25-19-33(59-5)27(34(20-25)60-6)11-15-37(23-9-13-31(57-3)29(17-23)49-39(51)41(43,44)45)63(53,54)38(16-12-28-35(61-7)21-26(56-2)22-36(28)62-8)24-10-14-32(58-4)30(18-24)50-40(52)42(46,47)48/h9-22,37-38H,1-8H3,(H,49,51)(H,50,52)/b15-11+,16-12+. The fraction of sp³-hybridized carbons (Fsp3) is 0.286. The van der Waals surface area contributed by atoms with Gasteiger partial charge in [-0.3, -0.25) is 9.59 Å². The summed E-state index contributed by atoms with van der Waals surface area (Å²) in [5, 5.41) is -0.358. The average molecular weight is 913 g/mol. The van der Waals surface area contributed by atoms with Crippen molar-refractivity contribution in [1.29, 1.82) is 0 Å². The van der Waals surface area contributed by atoms with E-state index in [1.807, 2.05) is 0 Å². The van der Waals surface area contributed by atoms with Crippen molar-refractivity contribution in [3.63, 3.8) is 0 Å². The molecule has 4 aromatic carbocycles. The van der Waals surface area contributed by atoms with Crippen LogP contribution in [-0.2, 0) is 19.4 Å². The lowest BCUT2D eigenvalue weighted by atomic mass is 10.1. The quantitative estimate of drug-likeness (QED) is 0.0918. The molecule has 0 saturated carbocycles. The maximum atomic E-state index is 15.5. The highest BCUT2D eigenvalue weighted by atomic mass is 32.2. The van der Waals surface area contributed by atoms with E-state index in [4.69, 9.17) is 37.9 Å². The van der Waals surface area contributed by atoms with Gasteiger partial charge in [0.2, 0.25) is 0 Å². The van der Waals surface area contributed by atoms with Crippen LogP contribution in [0.5, 0.6) is 46.0 Å². The molecule has 2 unspecified atom stereocenters. The van der Waals surface area contributed by atoms with E-state index in [9.17, 15) is 35.9 Å². The molecule has 2 atom stereocenters. The zero-order valence-corrected chi connectivity index (χ0v) is 35.6. The molecule has 340 valence electrons. The first kappa shape index (κ1) is 48.9. The molecule has 63 heavy (non-hydrogen) atoms. The molecule has 21 heteroatoms. The van der Waals surface area contributed by atoms with E-state index in [0.29, 0.717) is 11.5 Å². The molecule has 14 nitrogen and oxygen atoms in total. The summed E-state index contributed by atoms with van der Waals surface area (Å²) in [5.74, 6) is -4.17. The third-order valence-electron chi connectivity index (χ3n) is 9.21. The van der Waals surface area contributed by atoms with Gasteiger partial charge in [-0.15, -0.1) is 0 Å². The fourth-order valence-corrected chi connectivity index (χ4v) is 8.09. The first-order valence-electron chi connectivity index (χ1n) is 18.0. The van der Waals surface area contributed by atoms with E-state index >= 15 is 8.42 Å². The van der Waals surface area contributed by atoms with Gasteiger partial charge < -0.3 is 48.5 Å². The van der Waals surface area contributed by atoms with Crippen molar-refractivity contribution in [2.24, 2.45) is 0 Å². The van der Waals surface area contributed by atoms with E-state index in [0.717, 1.165) is 50.6 Å². The normalized spacial score (nSPS) is 12.9. The van der Waals surface area contributed by atoms with Crippen LogP contribution >= 0.6 is 0 Å². The van der Waals surface area contributed by atoms with Crippen molar-refractivity contribution in [3.05, 3.63) is 95.1 Å². The zero-order chi connectivity index (χ0) is 46.9. The summed E-state index contributed by atoms with van der Waals surface area (Å²) in [6, 6.07) is 12.5. The van der Waals surface area contributed by atoms with Gasteiger partial charge in [0, 0.05) is 24.3 Å². The van der Waals surface area contributed by atoms with E-state index in [2.05, 4.69) is 0 Å². The van der Waals surface area contributed by atoms with Crippen LogP contribution < -0.4 is 48.5 Å². The van der Waals surface area contributed by atoms with Gasteiger partial charge in [-0.05, 0) is 47.5 Å². The van der Waals surface area contributed by atoms with Gasteiger partial charge in [-0.25, -0.2) is 8.42 Å². The van der Waals surface area contributed by atoms with Crippen molar-refractivity contribution in [3.8, 4) is 46.0 Å². The van der Waals surface area contributed by atoms with Crippen LogP contribution in [0.1, 0.15) is 32.8 Å². The summed E-state index contributed by atoms with van der Waals surface area (Å²) in [6.07, 6.45) is -5.80. The van der Waals surface area contributed by atoms with Crippen molar-refractivity contribution >= 4 is 45.2 Å². The molecule has 0 aliphatic heterocycles. The Bertz CT molecular complexity index is 2260. The summed E-state index contributed by atoms with van der Waals surface area (Å²) in [5.41, 5.74) is -1.22. The van der Waals surface area contributed by atoms with Crippen molar-refractivity contribution in [2.45, 2.75) is 22.9 Å². The number of carbonyl (C=O) groups excluding carboxylic acids is 2. The third-order valence-corrected chi connectivity index (χ3v) is 11.5. The molecule has 0 aliphatic carbocycles. The first-order valence-corrected chi connectivity index (χ1v) is 19.6. The molecular formula is C42H42F6N2O12S. The third kappa shape index (κ3) is 11.4. The second kappa shape index (κ2) is 20.4. The van der Waals surface area contributed by atoms with Gasteiger partial charge in [-0.2, -0.15) is 26.3 Å². The Morgan fingerprint density at radius 2 is 0.794 bits per heavy atom. The van der Waals surface area contributed by atoms with Gasteiger partial charge in [0.25, 0.3) is 0 Å². The van der Waals surface area contributed by atoms with Crippen LogP contribution in [0.4, 0.5) is 37.7 Å². The number of alkyl halides is 6. The predicted molar refractivity (Wildman–Crippen MR) is 220 cm³/mol. The number of anilines is 2. The predicted octanol–water partition coefficient (Wildman–Crippen LogP) is 8.38. The number of halogens is 6. The Hall–Kier alpha value is -6.77. The van der Waals surface area contributed by atoms with E-state index in [-0.39, 0.29) is 56.8 Å². The van der Waals surface area contributed by atoms with Gasteiger partial charge in [-0.1, -0.05) is 24.3 Å². The molecule has 0 bridgehead atoms. The van der Waals surface area contributed by atoms with Gasteiger partial charge in [0.15, 0.2) is 9.84 Å². The van der Waals surface area contributed by atoms with Crippen LogP contribution in [-0.4, -0.2) is 89.5 Å². The Morgan fingerprint density at radius 3 is 1.05 bits per heavy atom. The largest absolute Gasteiger partial charge is 0.496 e. The number of hydrogen-bond donors (Lipinski definition) is 2. The molecule has 0 radical (unpaired) electrons. The van der Waals surface area contributed by atoms with Crippen molar-refractivity contribution in [1.82, 2.24) is 0 Å². The Morgan fingerprint density at radius 1 is 0.492 bits per heavy atom. The minimum Gasteiger partial charge on any atom is -0.496 e. The number of amides is 2. The first-order chi connectivity index (χ1) is 29.7. The van der Waals surface area contributed by atoms with Gasteiger partial charge in [0.1, 0.15) is 56.5 Å². The molecule has 0 heterocycles. The summed E-state index contributed by atoms with van der Waals surface area (Å²) < 4.78 is 155. The highest BCUT2D eigenvalue weighted by Gasteiger charge is 2.41. The summed E-state index contributed by atoms with van der Waals surface area (Å²) >= 11 is 0. The Labute approximate surface area is 358 Å². The molecule has 2 amide bonds. The molecule has 0 fully saturated rings. The SMILES string of the molecule is COc1cc(OC)c(/C=C/C(c2ccc(OC)c(NC(=O)C(F)(F)F)c2)S(=O)(=O)C(/C=C/c2c(OC)cc(OC)cc2OC)c2ccc(OC)c(NC(=O)C(F)(F)F)c2)c(OC)c1. The van der Waals surface area contributed by atoms with E-state index in [1.54, 1.807) is 10.6 Å². The smallest absolute Gasteiger partial charge is 0.471 e. The molecule has 0 aromatic heterocycles. The second-order valence-electron chi connectivity index (χ2n) is 12.9. The Balaban J connectivity index is 2.12. The number of hydrogen-bond acceptors (Lipinski definition) is 12. The minimum atomic E-state index is -5.36. The highest BCUT2D eigenvalue weighted by Crippen LogP contribution is 2.44. The van der Waals surface area contributed by atoms with Crippen LogP contribution in [0.3, 0.4) is 0 Å². The molecular weight excluding hydrogens is 871 g/mol. The van der Waals surface area contributed by atoms with Crippen LogP contribution in [0, 0.1) is 0 Å². The number of benzene rings is 4. The molecule has 4 aromatic rings. The maximum absolute atomic E-state index is 15.5. The topological polar surface area (TPSA) is 166 Å². The highest BCUT2D eigenvalue weighted by molar-refractivity contribution is 7.92. The van der Waals surface area contributed by atoms with E-state index < -0.39 is 55.9 Å². The number of methoxy groups -OCH3 is 8. The van der Waals surface area contributed by atoms with Gasteiger partial charge in [0.05, 0.1) is 79.4 Å². The number of nitrogens with one attached hydrogen (secondary N) is 2. The van der Waals surface area contributed by atoms with E-state index in [1.165, 1.54) is 91.2 Å². The monoisotopic (exact) mass is 912 g/mol. The minimum absolute atomic E-state index is 0.141.